The van der Waals surface area contributed by atoms with Gasteiger partial charge in [0.1, 0.15) is 0 Å². The Morgan fingerprint density at radius 3 is 2.21 bits per heavy atom. The van der Waals surface area contributed by atoms with E-state index < -0.39 is 12.0 Å². The predicted molar refractivity (Wildman–Crippen MR) is 54.2 cm³/mol. The zero-order chi connectivity index (χ0) is 10.8. The summed E-state index contributed by atoms with van der Waals surface area (Å²) in [4.78, 5) is 20.9. The van der Waals surface area contributed by atoms with Crippen LogP contribution in [0.5, 0.6) is 0 Å². The van der Waals surface area contributed by atoms with Crippen LogP contribution in [0.2, 0.25) is 0 Å². The molecular formula is C10H19NO3. The Labute approximate surface area is 84.7 Å². The zero-order valence-corrected chi connectivity index (χ0v) is 8.71. The molecule has 0 unspecified atom stereocenters. The van der Waals surface area contributed by atoms with Crippen molar-refractivity contribution in [1.82, 2.24) is 5.32 Å². The van der Waals surface area contributed by atoms with Crippen molar-refractivity contribution < 1.29 is 14.7 Å². The minimum absolute atomic E-state index is 0.318. The van der Waals surface area contributed by atoms with E-state index in [1.165, 1.54) is 19.3 Å². The van der Waals surface area contributed by atoms with Gasteiger partial charge in [-0.25, -0.2) is 4.79 Å². The fourth-order valence-corrected chi connectivity index (χ4v) is 1.25. The van der Waals surface area contributed by atoms with Gasteiger partial charge in [-0.05, 0) is 6.42 Å². The van der Waals surface area contributed by atoms with Gasteiger partial charge in [0.25, 0.3) is 0 Å². The number of imide groups is 1. The third-order valence-corrected chi connectivity index (χ3v) is 2.00. The molecule has 0 aromatic heterocycles. The maximum atomic E-state index is 10.9. The van der Waals surface area contributed by atoms with Crippen LogP contribution in [0.1, 0.15) is 51.9 Å². The van der Waals surface area contributed by atoms with Gasteiger partial charge < -0.3 is 5.11 Å². The normalized spacial score (nSPS) is 9.79. The van der Waals surface area contributed by atoms with E-state index in [2.05, 4.69) is 6.92 Å². The van der Waals surface area contributed by atoms with Crippen molar-refractivity contribution in [2.45, 2.75) is 51.9 Å². The van der Waals surface area contributed by atoms with Crippen LogP contribution in [0.15, 0.2) is 0 Å². The van der Waals surface area contributed by atoms with Gasteiger partial charge in [0.15, 0.2) is 0 Å². The number of carbonyl (C=O) groups is 2. The lowest BCUT2D eigenvalue weighted by Crippen LogP contribution is -2.28. The van der Waals surface area contributed by atoms with Gasteiger partial charge in [0, 0.05) is 6.42 Å². The molecule has 0 atom stereocenters. The number of unbranched alkanes of at least 4 members (excludes halogenated alkanes) is 5. The Morgan fingerprint density at radius 2 is 1.64 bits per heavy atom. The lowest BCUT2D eigenvalue weighted by atomic mass is 10.1. The smallest absolute Gasteiger partial charge is 0.411 e. The van der Waals surface area contributed by atoms with Gasteiger partial charge in [-0.15, -0.1) is 0 Å². The minimum Gasteiger partial charge on any atom is -0.465 e. The number of carbonyl (C=O) groups excluding carboxylic acids is 1. The quantitative estimate of drug-likeness (QED) is 0.622. The van der Waals surface area contributed by atoms with Crippen LogP contribution in [-0.4, -0.2) is 17.1 Å². The van der Waals surface area contributed by atoms with Crippen molar-refractivity contribution >= 4 is 12.0 Å². The van der Waals surface area contributed by atoms with Crippen molar-refractivity contribution in [2.24, 2.45) is 0 Å². The van der Waals surface area contributed by atoms with E-state index >= 15 is 0 Å². The second-order valence-electron chi connectivity index (χ2n) is 3.37. The van der Waals surface area contributed by atoms with E-state index in [0.29, 0.717) is 6.42 Å². The van der Waals surface area contributed by atoms with Crippen LogP contribution in [0.3, 0.4) is 0 Å². The van der Waals surface area contributed by atoms with E-state index in [-0.39, 0.29) is 0 Å². The minimum atomic E-state index is -1.26. The summed E-state index contributed by atoms with van der Waals surface area (Å²) < 4.78 is 0. The maximum Gasteiger partial charge on any atom is 0.411 e. The fourth-order valence-electron chi connectivity index (χ4n) is 1.25. The maximum absolute atomic E-state index is 10.9. The second-order valence-corrected chi connectivity index (χ2v) is 3.37. The summed E-state index contributed by atoms with van der Waals surface area (Å²) in [6.45, 7) is 2.15. The Bertz CT molecular complexity index is 180. The fraction of sp³-hybridized carbons (Fsp3) is 0.800. The summed E-state index contributed by atoms with van der Waals surface area (Å²) in [7, 11) is 0. The van der Waals surface area contributed by atoms with E-state index in [9.17, 15) is 9.59 Å². The average Bonchev–Trinajstić information content (AvgIpc) is 2.10. The van der Waals surface area contributed by atoms with E-state index in [1.807, 2.05) is 5.32 Å². The monoisotopic (exact) mass is 201 g/mol. The lowest BCUT2D eigenvalue weighted by molar-refractivity contribution is -0.120. The summed E-state index contributed by atoms with van der Waals surface area (Å²) >= 11 is 0. The first-order valence-corrected chi connectivity index (χ1v) is 5.19. The van der Waals surface area contributed by atoms with E-state index in [1.54, 1.807) is 0 Å². The number of hydrogen-bond donors (Lipinski definition) is 2. The number of nitrogens with one attached hydrogen (secondary N) is 1. The molecule has 14 heavy (non-hydrogen) atoms. The molecule has 0 fully saturated rings. The molecule has 0 bridgehead atoms. The molecule has 0 spiro atoms. The Hall–Kier alpha value is -1.06. The Balaban J connectivity index is 3.19. The Morgan fingerprint density at radius 1 is 1.07 bits per heavy atom. The molecule has 82 valence electrons. The summed E-state index contributed by atoms with van der Waals surface area (Å²) in [5.41, 5.74) is 0. The molecule has 0 aliphatic carbocycles. The van der Waals surface area contributed by atoms with Crippen LogP contribution >= 0.6 is 0 Å². The van der Waals surface area contributed by atoms with Crippen molar-refractivity contribution in [3.63, 3.8) is 0 Å². The van der Waals surface area contributed by atoms with Crippen LogP contribution < -0.4 is 5.32 Å². The lowest BCUT2D eigenvalue weighted by Gasteiger charge is -2.00. The van der Waals surface area contributed by atoms with Gasteiger partial charge in [-0.3, -0.25) is 10.1 Å². The summed E-state index contributed by atoms with van der Waals surface area (Å²) in [5, 5.41) is 10.0. The topological polar surface area (TPSA) is 66.4 Å². The molecule has 0 saturated carbocycles. The van der Waals surface area contributed by atoms with Gasteiger partial charge >= 0.3 is 6.09 Å². The first kappa shape index (κ1) is 12.9. The SMILES string of the molecule is CCCCCCCCC(=O)NC(=O)O. The van der Waals surface area contributed by atoms with Crippen LogP contribution in [-0.2, 0) is 4.79 Å². The zero-order valence-electron chi connectivity index (χ0n) is 8.71. The van der Waals surface area contributed by atoms with Crippen molar-refractivity contribution in [3.05, 3.63) is 0 Å². The average molecular weight is 201 g/mol. The van der Waals surface area contributed by atoms with Crippen molar-refractivity contribution in [1.29, 1.82) is 0 Å². The summed E-state index contributed by atoms with van der Waals surface area (Å²) in [6, 6.07) is 0. The first-order chi connectivity index (χ1) is 6.66. The molecule has 0 aliphatic rings. The Kier molecular flexibility index (Phi) is 7.89. The standard InChI is InChI=1S/C10H19NO3/c1-2-3-4-5-6-7-8-9(12)11-10(13)14/h2-8H2,1H3,(H,11,12)(H,13,14). The third-order valence-electron chi connectivity index (χ3n) is 2.00. The number of rotatable bonds is 7. The van der Waals surface area contributed by atoms with Crippen LogP contribution in [0.25, 0.3) is 0 Å². The summed E-state index contributed by atoms with van der Waals surface area (Å²) in [6.07, 6.45) is 5.63. The van der Waals surface area contributed by atoms with Crippen molar-refractivity contribution in [3.8, 4) is 0 Å². The molecule has 0 aliphatic heterocycles. The largest absolute Gasteiger partial charge is 0.465 e. The van der Waals surface area contributed by atoms with Crippen LogP contribution in [0, 0.1) is 0 Å². The van der Waals surface area contributed by atoms with E-state index in [4.69, 9.17) is 5.11 Å². The number of amides is 2. The summed E-state index contributed by atoms with van der Waals surface area (Å²) in [5.74, 6) is -0.395. The first-order valence-electron chi connectivity index (χ1n) is 5.19. The molecule has 2 N–H and O–H groups in total. The van der Waals surface area contributed by atoms with Crippen LogP contribution in [0.4, 0.5) is 4.79 Å². The molecule has 0 saturated heterocycles. The highest BCUT2D eigenvalue weighted by Gasteiger charge is 2.03. The highest BCUT2D eigenvalue weighted by atomic mass is 16.4. The number of carboxylic acid groups (broad SMARTS) is 1. The third kappa shape index (κ3) is 9.03. The van der Waals surface area contributed by atoms with Gasteiger partial charge in [0.2, 0.25) is 5.91 Å². The predicted octanol–water partition coefficient (Wildman–Crippen LogP) is 2.53. The molecular weight excluding hydrogens is 182 g/mol. The molecule has 0 heterocycles. The van der Waals surface area contributed by atoms with Gasteiger partial charge in [-0.2, -0.15) is 0 Å². The highest BCUT2D eigenvalue weighted by Crippen LogP contribution is 2.06. The second kappa shape index (κ2) is 8.53. The van der Waals surface area contributed by atoms with Gasteiger partial charge in [-0.1, -0.05) is 39.0 Å². The molecule has 0 aromatic carbocycles. The molecule has 4 heteroatoms. The van der Waals surface area contributed by atoms with E-state index in [0.717, 1.165) is 19.3 Å². The molecule has 0 radical (unpaired) electrons. The molecule has 0 aromatic rings. The molecule has 4 nitrogen and oxygen atoms in total. The highest BCUT2D eigenvalue weighted by molar-refractivity contribution is 5.90. The van der Waals surface area contributed by atoms with Gasteiger partial charge in [0.05, 0.1) is 0 Å². The molecule has 0 rings (SSSR count). The molecule has 2 amide bonds. The number of hydrogen-bond acceptors (Lipinski definition) is 2. The van der Waals surface area contributed by atoms with Crippen molar-refractivity contribution in [2.75, 3.05) is 0 Å².